The Morgan fingerprint density at radius 2 is 0.778 bits per heavy atom. The molecule has 6 aromatic heterocycles. The molecule has 9 rings (SSSR count). The third kappa shape index (κ3) is 11.0. The smallest absolute Gasteiger partial charge is 0.325 e. The lowest BCUT2D eigenvalue weighted by Gasteiger charge is -2.27. The maximum Gasteiger partial charge on any atom is 0.325 e. The summed E-state index contributed by atoms with van der Waals surface area (Å²) in [5.74, 6) is 0.166. The molecule has 0 aromatic carbocycles. The summed E-state index contributed by atoms with van der Waals surface area (Å²) in [6, 6.07) is 0. The van der Waals surface area contributed by atoms with Crippen molar-refractivity contribution in [1.82, 2.24) is 58.6 Å². The van der Waals surface area contributed by atoms with Crippen molar-refractivity contribution in [3.8, 4) is 0 Å². The fourth-order valence-corrected chi connectivity index (χ4v) is 11.4. The molecule has 0 bridgehead atoms. The number of aliphatic hydroxyl groups excluding tert-OH is 6. The molecule has 0 radical (unpaired) electrons. The summed E-state index contributed by atoms with van der Waals surface area (Å²) in [6.07, 6.45) is -11.5. The number of nitrogens with zero attached hydrogens (tertiary/aromatic N) is 12. The largest absolute Gasteiger partial charge is 0.387 e. The number of hydrogen-bond acceptors (Lipinski definition) is 30. The van der Waals surface area contributed by atoms with E-state index in [9.17, 15) is 45.3 Å². The zero-order valence-electron chi connectivity index (χ0n) is 36.4. The van der Waals surface area contributed by atoms with E-state index in [-0.39, 0.29) is 50.9 Å². The van der Waals surface area contributed by atoms with Gasteiger partial charge < -0.3 is 104 Å². The Morgan fingerprint density at radius 3 is 1.10 bits per heavy atom. The number of aromatic nitrogens is 12. The van der Waals surface area contributed by atoms with Crippen LogP contribution in [0.15, 0.2) is 38.0 Å². The van der Waals surface area contributed by atoms with Gasteiger partial charge in [-0.25, -0.2) is 44.9 Å². The number of nitrogen functional groups attached to an aromatic ring is 3. The van der Waals surface area contributed by atoms with E-state index in [4.69, 9.17) is 94.0 Å². The van der Waals surface area contributed by atoms with Gasteiger partial charge in [-0.05, 0) is 35.4 Å². The molecule has 0 aliphatic carbocycles. The Bertz CT molecular complexity index is 2940. The van der Waals surface area contributed by atoms with Crippen molar-refractivity contribution in [2.45, 2.75) is 79.7 Å². The molecule has 39 heteroatoms. The molecular weight excluding hydrogens is 1080 g/mol. The highest BCUT2D eigenvalue weighted by Crippen LogP contribution is 2.51. The van der Waals surface area contributed by atoms with Crippen LogP contribution in [0, 0.1) is 0 Å². The van der Waals surface area contributed by atoms with Gasteiger partial charge in [0.05, 0.1) is 52.0 Å². The van der Waals surface area contributed by atoms with Crippen LogP contribution in [0.2, 0.25) is 0 Å². The van der Waals surface area contributed by atoms with E-state index >= 15 is 0 Å². The van der Waals surface area contributed by atoms with E-state index in [1.54, 1.807) is 0 Å². The minimum atomic E-state index is -4.49. The molecule has 3 saturated heterocycles. The van der Waals surface area contributed by atoms with Crippen LogP contribution in [0.3, 0.4) is 0 Å². The summed E-state index contributed by atoms with van der Waals surface area (Å²) in [5, 5.41) is 65.2. The highest BCUT2D eigenvalue weighted by molar-refractivity contribution is 8.07. The van der Waals surface area contributed by atoms with Crippen LogP contribution in [-0.4, -0.2) is 198 Å². The Morgan fingerprint density at radius 1 is 0.472 bits per heavy atom. The third-order valence-electron chi connectivity index (χ3n) is 11.3. The highest BCUT2D eigenvalue weighted by Gasteiger charge is 2.48. The first-order valence-corrected chi connectivity index (χ1v) is 28.6. The molecule has 6 aromatic rings. The Hall–Kier alpha value is -3.72. The van der Waals surface area contributed by atoms with Crippen LogP contribution in [-0.2, 0) is 76.8 Å². The zero-order valence-corrected chi connectivity index (χ0v) is 41.5. The van der Waals surface area contributed by atoms with Crippen molar-refractivity contribution >= 4 is 107 Å². The SMILES string of the molecule is Nc1ncnc2c1ncn2[C@@H]1O[C@H](COP(O)(=S)OCC(COP(O)(=S)OC[C@H]2O[C@@H](n3cnc4c(N)ncnc43)[C@H](O)[C@@H]2O)OP(O)(=S)OC[C@H]2O[C@@H](n3cnc4c(N)ncnc43)[C@H](O)[C@@H]2O)[C@@H](O)[C@H]1O. The maximum atomic E-state index is 11.3. The van der Waals surface area contributed by atoms with Gasteiger partial charge in [-0.3, -0.25) is 13.7 Å². The van der Waals surface area contributed by atoms with E-state index in [1.807, 2.05) is 0 Å². The number of aliphatic hydroxyl groups is 6. The van der Waals surface area contributed by atoms with Crippen molar-refractivity contribution in [3.63, 3.8) is 0 Å². The average molecular weight is 1130 g/mol. The van der Waals surface area contributed by atoms with Crippen molar-refractivity contribution in [3.05, 3.63) is 38.0 Å². The van der Waals surface area contributed by atoms with Crippen molar-refractivity contribution in [2.24, 2.45) is 0 Å². The third-order valence-corrected chi connectivity index (χ3v) is 16.1. The first-order chi connectivity index (χ1) is 34.1. The molecule has 0 saturated carbocycles. The molecule has 15 N–H and O–H groups in total. The van der Waals surface area contributed by atoms with E-state index in [0.29, 0.717) is 0 Å². The van der Waals surface area contributed by atoms with Crippen molar-refractivity contribution in [2.75, 3.05) is 50.2 Å². The van der Waals surface area contributed by atoms with Crippen LogP contribution >= 0.6 is 20.2 Å². The highest BCUT2D eigenvalue weighted by atomic mass is 32.5. The number of ether oxygens (including phenoxy) is 3. The van der Waals surface area contributed by atoms with Crippen LogP contribution < -0.4 is 17.2 Å². The Labute approximate surface area is 418 Å². The van der Waals surface area contributed by atoms with Crippen molar-refractivity contribution in [1.29, 1.82) is 0 Å². The van der Waals surface area contributed by atoms with Gasteiger partial charge in [-0.1, -0.05) is 0 Å². The summed E-state index contributed by atoms with van der Waals surface area (Å²) >= 11 is 15.6. The molecule has 9 heterocycles. The lowest BCUT2D eigenvalue weighted by atomic mass is 10.1. The summed E-state index contributed by atoms with van der Waals surface area (Å²) in [4.78, 5) is 69.8. The second-order valence-electron chi connectivity index (χ2n) is 16.0. The molecular formula is C33H44N15O18P3S3. The number of hydrogen-bond donors (Lipinski definition) is 12. The molecule has 392 valence electrons. The van der Waals surface area contributed by atoms with Gasteiger partial charge in [-0.2, -0.15) is 0 Å². The van der Waals surface area contributed by atoms with Gasteiger partial charge in [-0.15, -0.1) is 0 Å². The lowest BCUT2D eigenvalue weighted by molar-refractivity contribution is -0.0534. The van der Waals surface area contributed by atoms with E-state index in [1.165, 1.54) is 51.7 Å². The first-order valence-electron chi connectivity index (χ1n) is 20.8. The number of imidazole rings is 3. The Kier molecular flexibility index (Phi) is 15.6. The predicted octanol–water partition coefficient (Wildman–Crippen LogP) is -3.77. The van der Waals surface area contributed by atoms with E-state index in [2.05, 4.69) is 44.9 Å². The lowest BCUT2D eigenvalue weighted by Crippen LogP contribution is -2.34. The topological polar surface area (TPSA) is 474 Å². The molecule has 72 heavy (non-hydrogen) atoms. The first kappa shape index (κ1) is 53.1. The fourth-order valence-electron chi connectivity index (χ4n) is 7.72. The van der Waals surface area contributed by atoms with E-state index in [0.717, 1.165) is 0 Å². The number of nitrogens with two attached hydrogens (primary N) is 3. The molecule has 3 aliphatic rings. The molecule has 3 fully saturated rings. The quantitative estimate of drug-likeness (QED) is 0.0327. The average Bonchev–Trinajstić information content (AvgIpc) is 4.20. The van der Waals surface area contributed by atoms with Crippen LogP contribution in [0.4, 0.5) is 17.5 Å². The molecule has 3 unspecified atom stereocenters. The molecule has 0 spiro atoms. The minimum absolute atomic E-state index is 0.0505. The van der Waals surface area contributed by atoms with E-state index < -0.39 is 133 Å². The summed E-state index contributed by atoms with van der Waals surface area (Å²) < 4.78 is 54.5. The van der Waals surface area contributed by atoms with Gasteiger partial charge in [0.15, 0.2) is 53.1 Å². The standard InChI is InChI=1S/C33H44N15O18P3S3/c34-25-16-28(40-6-37-25)46(9-43-16)31-22(52)19(49)13(63-31)3-60-67(55,70)58-1-12(66-69(57,72)62-5-15-21(51)24(54)33(65-15)48-11-45-18-27(36)39-8-42-30(18)48)2-59-68(56,71)61-4-14-20(50)23(53)32(64-14)47-10-44-17-26(35)38-7-41-29(17)47/h6-15,19-24,31-33,49-54H,1-5H2,(H,55,70)(H,56,71)(H,57,72)(H2,34,37,40)(H2,35,38,41)(H2,36,39,42)/t12?,13-,14-,15-,19-,20-,21-,22-,23-,24-,31-,32-,33-,67?,68?,69?/m1/s1. The summed E-state index contributed by atoms with van der Waals surface area (Å²) in [6.45, 7) is -16.9. The summed E-state index contributed by atoms with van der Waals surface area (Å²) in [5.41, 5.74) is 18.8. The second kappa shape index (κ2) is 21.1. The normalized spacial score (nSPS) is 30.8. The monoisotopic (exact) mass is 1130 g/mol. The Balaban J connectivity index is 0.843. The summed E-state index contributed by atoms with van der Waals surface area (Å²) in [7, 11) is 0. The number of rotatable bonds is 20. The second-order valence-corrected chi connectivity index (χ2v) is 24.5. The number of fused-ring (bicyclic) bond motifs is 3. The van der Waals surface area contributed by atoms with Crippen LogP contribution in [0.1, 0.15) is 18.7 Å². The predicted molar refractivity (Wildman–Crippen MR) is 251 cm³/mol. The van der Waals surface area contributed by atoms with Gasteiger partial charge in [0.25, 0.3) is 0 Å². The maximum absolute atomic E-state index is 11.3. The van der Waals surface area contributed by atoms with Crippen LogP contribution in [0.5, 0.6) is 0 Å². The minimum Gasteiger partial charge on any atom is -0.387 e. The molecule has 3 aliphatic heterocycles. The van der Waals surface area contributed by atoms with Gasteiger partial charge in [0.1, 0.15) is 96.6 Å². The van der Waals surface area contributed by atoms with Crippen molar-refractivity contribution < 1.29 is 86.7 Å². The zero-order chi connectivity index (χ0) is 51.4. The van der Waals surface area contributed by atoms with Gasteiger partial charge in [0.2, 0.25) is 0 Å². The van der Waals surface area contributed by atoms with Gasteiger partial charge in [0, 0.05) is 0 Å². The van der Waals surface area contributed by atoms with Gasteiger partial charge >= 0.3 is 20.2 Å². The number of anilines is 3. The molecule has 0 amide bonds. The molecule has 15 atom stereocenters. The molecule has 33 nitrogen and oxygen atoms in total. The van der Waals surface area contributed by atoms with Crippen LogP contribution in [0.25, 0.3) is 33.5 Å². The fraction of sp³-hybridized carbons (Fsp3) is 0.545.